The molecule has 4 aliphatic rings. The zero-order valence-corrected chi connectivity index (χ0v) is 45.0. The highest BCUT2D eigenvalue weighted by Crippen LogP contribution is 2.65. The molecule has 0 amide bonds. The van der Waals surface area contributed by atoms with Gasteiger partial charge in [-0.3, -0.25) is 0 Å². The maximum absolute atomic E-state index is 4.41. The van der Waals surface area contributed by atoms with Crippen LogP contribution in [0.5, 0.6) is 0 Å². The van der Waals surface area contributed by atoms with Gasteiger partial charge in [0.15, 0.2) is 0 Å². The fourth-order valence-electron chi connectivity index (χ4n) is 11.6. The molecule has 0 radical (unpaired) electrons. The van der Waals surface area contributed by atoms with Crippen LogP contribution >= 0.6 is 11.3 Å². The molecular weight excluding hydrogens is 911 g/mol. The molecule has 4 aliphatic carbocycles. The van der Waals surface area contributed by atoms with Gasteiger partial charge in [-0.15, -0.1) is 11.3 Å². The number of nitrogens with zero attached hydrogens (tertiary/aromatic N) is 1. The standard InChI is InChI=1S/C46H41N.C13H10S.C7H8.C6H8/c1-7-34-39-25-23-29(2)27-42(39)46(45(34)36-18-11-9-16-31(36)4)41-21-13-12-19-38(41)40-26-24-33(28-43(40)46)47(6)44-22-14-20-37(32(44)5)35-17-10-8-15-30(35)3;1-9-5-4-7-11-10-6-2-3-8-12(10)14-13(9)11;1-7-5-3-2-4-6-7;1-2-4-6-5-3-1/h7,9-14,16-28H,1,8,15H2,2-6H3;2-8H,1H3;2-6H,1H3;1-4H,5-6H2. The van der Waals surface area contributed by atoms with Crippen LogP contribution in [0.4, 0.5) is 11.4 Å². The number of hydrogen-bond acceptors (Lipinski definition) is 2. The van der Waals surface area contributed by atoms with Crippen molar-refractivity contribution in [1.29, 1.82) is 0 Å². The molecule has 2 heteroatoms. The Bertz CT molecular complexity index is 3710. The van der Waals surface area contributed by atoms with Crippen molar-refractivity contribution in [2.24, 2.45) is 0 Å². The molecule has 366 valence electrons. The van der Waals surface area contributed by atoms with E-state index in [0.717, 1.165) is 12.8 Å². The Morgan fingerprint density at radius 3 is 1.86 bits per heavy atom. The molecule has 1 unspecified atom stereocenters. The second-order valence-electron chi connectivity index (χ2n) is 20.2. The van der Waals surface area contributed by atoms with E-state index in [-0.39, 0.29) is 0 Å². The second-order valence-corrected chi connectivity index (χ2v) is 21.2. The van der Waals surface area contributed by atoms with E-state index in [4.69, 9.17) is 0 Å². The summed E-state index contributed by atoms with van der Waals surface area (Å²) in [5.74, 6) is 0. The highest BCUT2D eigenvalue weighted by molar-refractivity contribution is 7.26. The predicted molar refractivity (Wildman–Crippen MR) is 324 cm³/mol. The Balaban J connectivity index is 0.000000186. The van der Waals surface area contributed by atoms with Gasteiger partial charge in [-0.1, -0.05) is 217 Å². The van der Waals surface area contributed by atoms with E-state index in [1.54, 1.807) is 0 Å². The zero-order chi connectivity index (χ0) is 51.3. The zero-order valence-electron chi connectivity index (χ0n) is 44.2. The van der Waals surface area contributed by atoms with Gasteiger partial charge in [-0.2, -0.15) is 0 Å². The largest absolute Gasteiger partial charge is 0.344 e. The fraction of sp³-hybridized carbons (Fsp3) is 0.167. The topological polar surface area (TPSA) is 3.24 Å². The molecule has 1 atom stereocenters. The normalized spacial score (nSPS) is 15.7. The fourth-order valence-corrected chi connectivity index (χ4v) is 12.8. The third kappa shape index (κ3) is 9.29. The van der Waals surface area contributed by atoms with Crippen LogP contribution in [0.25, 0.3) is 48.0 Å². The number of hydrogen-bond donors (Lipinski definition) is 0. The van der Waals surface area contributed by atoms with Crippen LogP contribution in [0.1, 0.15) is 93.8 Å². The van der Waals surface area contributed by atoms with E-state index in [0.29, 0.717) is 0 Å². The first kappa shape index (κ1) is 49.8. The number of anilines is 2. The van der Waals surface area contributed by atoms with Gasteiger partial charge in [-0.25, -0.2) is 0 Å². The van der Waals surface area contributed by atoms with Gasteiger partial charge in [-0.05, 0) is 169 Å². The number of benzene rings is 8. The molecule has 0 bridgehead atoms. The molecule has 0 aliphatic heterocycles. The molecule has 74 heavy (non-hydrogen) atoms. The van der Waals surface area contributed by atoms with Crippen LogP contribution in [0.3, 0.4) is 0 Å². The van der Waals surface area contributed by atoms with Gasteiger partial charge >= 0.3 is 0 Å². The lowest BCUT2D eigenvalue weighted by molar-refractivity contribution is 0.839. The van der Waals surface area contributed by atoms with Crippen molar-refractivity contribution in [3.05, 3.63) is 292 Å². The van der Waals surface area contributed by atoms with Crippen molar-refractivity contribution in [3.63, 3.8) is 0 Å². The third-order valence-electron chi connectivity index (χ3n) is 15.4. The predicted octanol–water partition coefficient (Wildman–Crippen LogP) is 20.2. The first-order valence-electron chi connectivity index (χ1n) is 26.3. The minimum atomic E-state index is -0.467. The van der Waals surface area contributed by atoms with Crippen molar-refractivity contribution in [1.82, 2.24) is 0 Å². The summed E-state index contributed by atoms with van der Waals surface area (Å²) in [5, 5.41) is 2.78. The maximum Gasteiger partial charge on any atom is 0.0732 e. The summed E-state index contributed by atoms with van der Waals surface area (Å²) in [6, 6.07) is 64.2. The monoisotopic (exact) mass is 977 g/mol. The van der Waals surface area contributed by atoms with E-state index < -0.39 is 5.41 Å². The minimum absolute atomic E-state index is 0.467. The van der Waals surface area contributed by atoms with Gasteiger partial charge < -0.3 is 4.90 Å². The molecule has 0 saturated carbocycles. The molecule has 1 nitrogen and oxygen atoms in total. The summed E-state index contributed by atoms with van der Waals surface area (Å²) in [7, 11) is 2.22. The van der Waals surface area contributed by atoms with E-state index in [1.165, 1.54) is 139 Å². The number of fused-ring (bicyclic) bond motifs is 10. The highest BCUT2D eigenvalue weighted by atomic mass is 32.1. The van der Waals surface area contributed by atoms with Crippen LogP contribution in [-0.4, -0.2) is 7.05 Å². The molecule has 0 saturated heterocycles. The molecule has 0 N–H and O–H groups in total. The lowest BCUT2D eigenvalue weighted by Gasteiger charge is -2.34. The van der Waals surface area contributed by atoms with Gasteiger partial charge in [0, 0.05) is 38.6 Å². The Hall–Kier alpha value is -7.78. The molecule has 8 aromatic carbocycles. The van der Waals surface area contributed by atoms with E-state index >= 15 is 0 Å². The number of rotatable bonds is 5. The molecule has 9 aromatic rings. The van der Waals surface area contributed by atoms with E-state index in [9.17, 15) is 0 Å². The Kier molecular flexibility index (Phi) is 14.6. The average Bonchev–Trinajstić information content (AvgIpc) is 4.08. The molecule has 13 rings (SSSR count). The molecule has 1 heterocycles. The molecule has 1 spiro atoms. The van der Waals surface area contributed by atoms with Crippen LogP contribution < -0.4 is 4.90 Å². The Morgan fingerprint density at radius 2 is 1.15 bits per heavy atom. The van der Waals surface area contributed by atoms with Crippen molar-refractivity contribution in [3.8, 4) is 11.1 Å². The van der Waals surface area contributed by atoms with Crippen molar-refractivity contribution in [2.45, 2.75) is 72.6 Å². The first-order valence-corrected chi connectivity index (χ1v) is 27.1. The minimum Gasteiger partial charge on any atom is -0.344 e. The quantitative estimate of drug-likeness (QED) is 0.166. The maximum atomic E-state index is 4.41. The summed E-state index contributed by atoms with van der Waals surface area (Å²) in [5.41, 5.74) is 24.4. The van der Waals surface area contributed by atoms with E-state index in [2.05, 4.69) is 260 Å². The van der Waals surface area contributed by atoms with Crippen molar-refractivity contribution < 1.29 is 0 Å². The van der Waals surface area contributed by atoms with E-state index in [1.807, 2.05) is 29.5 Å². The molecule has 0 fully saturated rings. The smallest absolute Gasteiger partial charge is 0.0732 e. The molecule has 1 aromatic heterocycles. The van der Waals surface area contributed by atoms with Crippen molar-refractivity contribution in [2.75, 3.05) is 11.9 Å². The SMILES string of the molecule is C1=CCCC=C1.C=CC1=C(c2ccccc2C)C2(c3cc(C)ccc31)c1ccccc1-c1ccc(N(C)c3cccc(C4=C(C)CCC=C4)c3C)cc12.Cc1cccc2c1sc1ccccc12.Cc1ccccc1. The highest BCUT2D eigenvalue weighted by Gasteiger charge is 2.53. The summed E-state index contributed by atoms with van der Waals surface area (Å²) in [6.07, 6.45) is 20.0. The van der Waals surface area contributed by atoms with Gasteiger partial charge in [0.2, 0.25) is 0 Å². The third-order valence-corrected chi connectivity index (χ3v) is 16.7. The second kappa shape index (κ2) is 21.7. The van der Waals surface area contributed by atoms with Crippen LogP contribution in [0, 0.1) is 34.6 Å². The van der Waals surface area contributed by atoms with Crippen LogP contribution in [0.2, 0.25) is 0 Å². The number of thiophene rings is 1. The van der Waals surface area contributed by atoms with Gasteiger partial charge in [0.05, 0.1) is 5.41 Å². The Labute approximate surface area is 444 Å². The lowest BCUT2D eigenvalue weighted by atomic mass is 9.67. The van der Waals surface area contributed by atoms with Gasteiger partial charge in [0.1, 0.15) is 0 Å². The Morgan fingerprint density at radius 1 is 0.514 bits per heavy atom. The lowest BCUT2D eigenvalue weighted by Crippen LogP contribution is -2.27. The number of allylic oxidation sites excluding steroid dienone is 11. The average molecular weight is 978 g/mol. The summed E-state index contributed by atoms with van der Waals surface area (Å²) >= 11 is 1.89. The van der Waals surface area contributed by atoms with Crippen LogP contribution in [-0.2, 0) is 5.41 Å². The molecular formula is C72H67NS. The summed E-state index contributed by atoms with van der Waals surface area (Å²) < 4.78 is 2.81. The number of aryl methyl sites for hydroxylation is 4. The van der Waals surface area contributed by atoms with Crippen LogP contribution in [0.15, 0.2) is 231 Å². The van der Waals surface area contributed by atoms with Crippen molar-refractivity contribution >= 4 is 59.6 Å². The van der Waals surface area contributed by atoms with Gasteiger partial charge in [0.25, 0.3) is 0 Å². The summed E-state index contributed by atoms with van der Waals surface area (Å²) in [6.45, 7) is 17.7. The first-order chi connectivity index (χ1) is 36.1. The summed E-state index contributed by atoms with van der Waals surface area (Å²) in [4.78, 5) is 2.38.